The van der Waals surface area contributed by atoms with Gasteiger partial charge in [-0.05, 0) is 5.41 Å². The van der Waals surface area contributed by atoms with Gasteiger partial charge in [-0.25, -0.2) is 4.79 Å². The van der Waals surface area contributed by atoms with Crippen molar-refractivity contribution < 1.29 is 19.5 Å². The van der Waals surface area contributed by atoms with Gasteiger partial charge in [0.2, 0.25) is 5.91 Å². The third-order valence-electron chi connectivity index (χ3n) is 3.46. The molecule has 0 spiro atoms. The molecule has 0 unspecified atom stereocenters. The zero-order chi connectivity index (χ0) is 19.4. The third kappa shape index (κ3) is 4.29. The van der Waals surface area contributed by atoms with Gasteiger partial charge in [-0.15, -0.1) is 33.7 Å². The molecule has 3 heterocycles. The maximum atomic E-state index is 12.5. The Hall–Kier alpha value is -2.01. The van der Waals surface area contributed by atoms with Crippen LogP contribution in [0.5, 0.6) is 0 Å². The van der Waals surface area contributed by atoms with E-state index in [4.69, 9.17) is 5.26 Å². The predicted molar refractivity (Wildman–Crippen MR) is 103 cm³/mol. The Bertz CT molecular complexity index is 863. The number of allylic oxidation sites excluding steroid dienone is 1. The van der Waals surface area contributed by atoms with Crippen LogP contribution in [0.15, 0.2) is 31.9 Å². The summed E-state index contributed by atoms with van der Waals surface area (Å²) in [6, 6.07) is 1.06. The van der Waals surface area contributed by atoms with Gasteiger partial charge in [0, 0.05) is 16.7 Å². The number of amides is 2. The largest absolute Gasteiger partial charge is 0.477 e. The number of aliphatic carboxylic acids is 1. The van der Waals surface area contributed by atoms with E-state index in [2.05, 4.69) is 15.5 Å². The zero-order valence-electron chi connectivity index (χ0n) is 13.4. The lowest BCUT2D eigenvalue weighted by Gasteiger charge is -2.49. The number of fused-ring (bicyclic) bond motifs is 1. The van der Waals surface area contributed by atoms with Gasteiger partial charge in [0.15, 0.2) is 4.34 Å². The molecule has 2 atom stereocenters. The highest BCUT2D eigenvalue weighted by Gasteiger charge is 2.54. The number of carbonyl (C=O) groups excluding carboxylic acids is 2. The number of aromatic nitrogens is 2. The first kappa shape index (κ1) is 19.7. The highest BCUT2D eigenvalue weighted by Crippen LogP contribution is 2.45. The van der Waals surface area contributed by atoms with Crippen LogP contribution >= 0.6 is 46.6 Å². The maximum absolute atomic E-state index is 12.5. The number of β-lactam (4-membered cyclic amide) rings is 1. The lowest BCUT2D eigenvalue weighted by molar-refractivity contribution is -0.150. The van der Waals surface area contributed by atoms with Crippen LogP contribution in [0.25, 0.3) is 0 Å². The van der Waals surface area contributed by atoms with Crippen molar-refractivity contribution in [2.24, 2.45) is 0 Å². The summed E-state index contributed by atoms with van der Waals surface area (Å²) >= 11 is 5.00. The number of rotatable bonds is 7. The molecular weight excluding hydrogens is 430 g/mol. The van der Waals surface area contributed by atoms with Crippen molar-refractivity contribution in [2.45, 2.75) is 15.8 Å². The van der Waals surface area contributed by atoms with Gasteiger partial charge in [-0.1, -0.05) is 23.1 Å². The normalized spacial score (nSPS) is 21.6. The van der Waals surface area contributed by atoms with E-state index >= 15 is 0 Å². The van der Waals surface area contributed by atoms with Crippen molar-refractivity contribution >= 4 is 64.4 Å². The molecule has 1 aromatic heterocycles. The van der Waals surface area contributed by atoms with Crippen molar-refractivity contribution in [3.63, 3.8) is 0 Å². The fourth-order valence-electron chi connectivity index (χ4n) is 2.40. The minimum atomic E-state index is -1.19. The molecular formula is C14H11N5O4S4. The van der Waals surface area contributed by atoms with Gasteiger partial charge in [0.25, 0.3) is 5.91 Å². The van der Waals surface area contributed by atoms with E-state index in [0.717, 1.165) is 11.8 Å². The Morgan fingerprint density at radius 1 is 1.56 bits per heavy atom. The van der Waals surface area contributed by atoms with Gasteiger partial charge in [-0.2, -0.15) is 5.26 Å². The van der Waals surface area contributed by atoms with Crippen LogP contribution in [0.2, 0.25) is 0 Å². The average Bonchev–Trinajstić information content (AvgIpc) is 3.15. The van der Waals surface area contributed by atoms with Crippen molar-refractivity contribution in [1.82, 2.24) is 20.4 Å². The third-order valence-corrected chi connectivity index (χ3v) is 7.54. The van der Waals surface area contributed by atoms with Crippen LogP contribution in [0, 0.1) is 11.3 Å². The summed E-state index contributed by atoms with van der Waals surface area (Å²) in [4.78, 5) is 37.9. The van der Waals surface area contributed by atoms with Gasteiger partial charge < -0.3 is 10.4 Å². The summed E-state index contributed by atoms with van der Waals surface area (Å²) < 4.78 is 0.600. The van der Waals surface area contributed by atoms with Crippen LogP contribution in [-0.2, 0) is 14.4 Å². The van der Waals surface area contributed by atoms with Gasteiger partial charge >= 0.3 is 5.97 Å². The minimum Gasteiger partial charge on any atom is -0.477 e. The lowest BCUT2D eigenvalue weighted by Crippen LogP contribution is -2.70. The predicted octanol–water partition coefficient (Wildman–Crippen LogP) is 1.10. The van der Waals surface area contributed by atoms with Gasteiger partial charge in [0.1, 0.15) is 22.6 Å². The van der Waals surface area contributed by atoms with E-state index in [-0.39, 0.29) is 17.4 Å². The highest BCUT2D eigenvalue weighted by molar-refractivity contribution is 8.07. The van der Waals surface area contributed by atoms with Crippen LogP contribution in [-0.4, -0.2) is 60.9 Å². The fraction of sp³-hybridized carbons (Fsp3) is 0.286. The molecule has 2 N–H and O–H groups in total. The van der Waals surface area contributed by atoms with E-state index in [9.17, 15) is 19.5 Å². The Kier molecular flexibility index (Phi) is 6.42. The van der Waals surface area contributed by atoms with Crippen molar-refractivity contribution in [1.29, 1.82) is 5.26 Å². The summed E-state index contributed by atoms with van der Waals surface area (Å²) in [6.45, 7) is 0. The Morgan fingerprint density at radius 2 is 2.37 bits per heavy atom. The Morgan fingerprint density at radius 3 is 3.04 bits per heavy atom. The second kappa shape index (κ2) is 8.79. The molecule has 13 heteroatoms. The van der Waals surface area contributed by atoms with Gasteiger partial charge in [-0.3, -0.25) is 14.5 Å². The fourth-order valence-corrected chi connectivity index (χ4v) is 6.00. The molecule has 3 rings (SSSR count). The van der Waals surface area contributed by atoms with E-state index in [0.29, 0.717) is 15.0 Å². The molecule has 1 fully saturated rings. The quantitative estimate of drug-likeness (QED) is 0.467. The standard InChI is InChI=1S/C14H11N5O4S4/c15-2-1-3-24-5-8(20)17-9-11(21)19-10(13(22)23)7(4-25-12(9)19)27-14-18-16-6-26-14/h1,3,6,9,12H,4-5H2,(H,17,20)(H,22,23)/t9-,12+/m1/s1. The average molecular weight is 442 g/mol. The summed E-state index contributed by atoms with van der Waals surface area (Å²) in [7, 11) is 0. The van der Waals surface area contributed by atoms with Crippen LogP contribution in [0.1, 0.15) is 0 Å². The van der Waals surface area contributed by atoms with E-state index in [1.54, 1.807) is 5.51 Å². The maximum Gasteiger partial charge on any atom is 0.353 e. The zero-order valence-corrected chi connectivity index (χ0v) is 16.7. The van der Waals surface area contributed by atoms with Crippen molar-refractivity contribution in [3.05, 3.63) is 27.6 Å². The monoisotopic (exact) mass is 441 g/mol. The molecule has 0 saturated carbocycles. The number of hydrogen-bond acceptors (Lipinski definition) is 10. The van der Waals surface area contributed by atoms with E-state index < -0.39 is 23.3 Å². The first-order chi connectivity index (χ1) is 13.0. The Balaban J connectivity index is 1.68. The molecule has 2 aliphatic rings. The molecule has 140 valence electrons. The first-order valence-electron chi connectivity index (χ1n) is 7.33. The highest BCUT2D eigenvalue weighted by atomic mass is 32.2. The minimum absolute atomic E-state index is 0.0686. The summed E-state index contributed by atoms with van der Waals surface area (Å²) in [5.74, 6) is -1.53. The molecule has 1 saturated heterocycles. The Labute approximate surface area is 170 Å². The number of nitriles is 1. The summed E-state index contributed by atoms with van der Waals surface area (Å²) in [5.41, 5.74) is 1.48. The summed E-state index contributed by atoms with van der Waals surface area (Å²) in [5, 5.41) is 29.3. The smallest absolute Gasteiger partial charge is 0.353 e. The number of carboxylic acids is 1. The SMILES string of the molecule is N#CC=CSCC(=O)N[C@@H]1C(=O)N2C(C(=O)O)=C(Sc3nncs3)CS[C@@H]12. The number of hydrogen-bond donors (Lipinski definition) is 2. The van der Waals surface area contributed by atoms with Crippen LogP contribution in [0.3, 0.4) is 0 Å². The molecule has 2 aliphatic heterocycles. The molecule has 0 aromatic carbocycles. The number of carboxylic acid groups (broad SMARTS) is 1. The molecule has 27 heavy (non-hydrogen) atoms. The number of carbonyl (C=O) groups is 3. The second-order valence-corrected chi connectivity index (χ2v) is 9.26. The number of nitrogens with zero attached hydrogens (tertiary/aromatic N) is 4. The van der Waals surface area contributed by atoms with E-state index in [1.807, 2.05) is 6.07 Å². The number of thioether (sulfide) groups is 3. The number of nitrogens with one attached hydrogen (secondary N) is 1. The molecule has 0 aliphatic carbocycles. The van der Waals surface area contributed by atoms with Crippen molar-refractivity contribution in [3.8, 4) is 6.07 Å². The molecule has 0 bridgehead atoms. The lowest BCUT2D eigenvalue weighted by atomic mass is 10.1. The summed E-state index contributed by atoms with van der Waals surface area (Å²) in [6.07, 6.45) is 1.26. The van der Waals surface area contributed by atoms with Crippen LogP contribution in [0.4, 0.5) is 0 Å². The molecule has 9 nitrogen and oxygen atoms in total. The van der Waals surface area contributed by atoms with Crippen LogP contribution < -0.4 is 5.32 Å². The van der Waals surface area contributed by atoms with E-state index in [1.165, 1.54) is 51.2 Å². The first-order valence-corrected chi connectivity index (χ1v) is 11.1. The molecule has 0 radical (unpaired) electrons. The molecule has 2 amide bonds. The topological polar surface area (TPSA) is 136 Å². The second-order valence-electron chi connectivity index (χ2n) is 5.08. The molecule has 1 aromatic rings. The van der Waals surface area contributed by atoms with Gasteiger partial charge in [0.05, 0.1) is 11.8 Å². The van der Waals surface area contributed by atoms with Crippen molar-refractivity contribution in [2.75, 3.05) is 11.5 Å².